The maximum atomic E-state index is 14.1. The van der Waals surface area contributed by atoms with Crippen LogP contribution in [0.2, 0.25) is 18.1 Å². The Morgan fingerprint density at radius 1 is 1.23 bits per heavy atom. The van der Waals surface area contributed by atoms with Gasteiger partial charge in [-0.05, 0) is 45.0 Å². The van der Waals surface area contributed by atoms with Crippen molar-refractivity contribution in [2.45, 2.75) is 89.3 Å². The predicted molar refractivity (Wildman–Crippen MR) is 169 cm³/mol. The van der Waals surface area contributed by atoms with Gasteiger partial charge in [0, 0.05) is 19.2 Å². The first kappa shape index (κ1) is 35.6. The van der Waals surface area contributed by atoms with Crippen molar-refractivity contribution in [2.75, 3.05) is 19.8 Å². The van der Waals surface area contributed by atoms with E-state index in [0.29, 0.717) is 15.0 Å². The molecule has 13 nitrogen and oxygen atoms in total. The summed E-state index contributed by atoms with van der Waals surface area (Å²) in [7, 11) is -6.85. The lowest BCUT2D eigenvalue weighted by atomic mass is 10.1. The van der Waals surface area contributed by atoms with E-state index in [0.717, 1.165) is 23.5 Å². The van der Waals surface area contributed by atoms with Crippen molar-refractivity contribution in [2.24, 2.45) is 0 Å². The number of carbonyl (C=O) groups is 1. The van der Waals surface area contributed by atoms with Crippen molar-refractivity contribution in [1.82, 2.24) is 13.9 Å². The second-order valence-corrected chi connectivity index (χ2v) is 20.4. The summed E-state index contributed by atoms with van der Waals surface area (Å²) in [6.45, 7) is 19.1. The van der Waals surface area contributed by atoms with Gasteiger partial charge >= 0.3 is 11.0 Å². The molecule has 244 valence electrons. The first-order valence-electron chi connectivity index (χ1n) is 14.1. The maximum Gasteiger partial charge on any atom is 0.410 e. The number of carbonyl (C=O) groups excluding carboxylic acids is 1. The Hall–Kier alpha value is -2.89. The first-order chi connectivity index (χ1) is 20.2. The predicted octanol–water partition coefficient (Wildman–Crippen LogP) is 5.44. The number of fused-ring (bicyclic) bond motifs is 1. The zero-order valence-electron chi connectivity index (χ0n) is 26.5. The molecule has 1 aromatic heterocycles. The fourth-order valence-corrected chi connectivity index (χ4v) is 8.01. The third-order valence-electron chi connectivity index (χ3n) is 7.45. The number of para-hydroxylation sites is 1. The molecule has 0 saturated heterocycles. The molecule has 2 heterocycles. The second-order valence-electron chi connectivity index (χ2n) is 12.9. The number of ether oxygens (including phenoxy) is 1. The number of benzene rings is 1. The third kappa shape index (κ3) is 7.84. The number of hydrogen-bond donors (Lipinski definition) is 0. The quantitative estimate of drug-likeness (QED) is 0.132. The van der Waals surface area contributed by atoms with Gasteiger partial charge in [-0.2, -0.15) is 0 Å². The van der Waals surface area contributed by atoms with E-state index >= 15 is 0 Å². The van der Waals surface area contributed by atoms with Gasteiger partial charge in [0.15, 0.2) is 13.2 Å². The molecule has 1 aromatic carbocycles. The standard InChI is InChI=1S/C28H42N4O9S2Si/c1-10-16-39-32(43(37,38)23-14-12-11-13-20(23)31(35)36)22-19-29(25(33)41-27(2,3)4)18-21-24(22)42-26(34)30(21)15-17-40-44(8,9)28(5,6)7/h10-14,22H,1,15-19H2,2-9H3. The summed E-state index contributed by atoms with van der Waals surface area (Å²) in [5.74, 6) is 0. The number of hydroxylamine groups is 1. The molecule has 1 aliphatic heterocycles. The van der Waals surface area contributed by atoms with Crippen LogP contribution < -0.4 is 4.87 Å². The fraction of sp³-hybridized carbons (Fsp3) is 0.571. The number of hydrogen-bond acceptors (Lipinski definition) is 10. The van der Waals surface area contributed by atoms with Crippen LogP contribution in [0.4, 0.5) is 10.5 Å². The minimum atomic E-state index is -4.71. The van der Waals surface area contributed by atoms with Crippen LogP contribution in [0.15, 0.2) is 46.6 Å². The lowest BCUT2D eigenvalue weighted by Gasteiger charge is -2.38. The lowest BCUT2D eigenvalue weighted by Crippen LogP contribution is -2.48. The topological polar surface area (TPSA) is 151 Å². The Bertz CT molecular complexity index is 1560. The number of nitro benzene ring substituents is 1. The number of rotatable bonds is 11. The SMILES string of the molecule is C=CCON(C1CN(C(=O)OC(C)(C)C)Cc2c1sc(=O)n2CCO[Si](C)(C)C(C)(C)C)S(=O)(=O)c1ccccc1[N+](=O)[O-]. The number of amides is 1. The fourth-order valence-electron chi connectivity index (χ4n) is 4.25. The van der Waals surface area contributed by atoms with Crippen molar-refractivity contribution in [3.8, 4) is 0 Å². The Kier molecular flexibility index (Phi) is 10.7. The highest BCUT2D eigenvalue weighted by Crippen LogP contribution is 2.40. The Balaban J connectivity index is 2.15. The lowest BCUT2D eigenvalue weighted by molar-refractivity contribution is -0.388. The molecule has 16 heteroatoms. The molecule has 1 unspecified atom stereocenters. The molecule has 0 radical (unpaired) electrons. The molecule has 0 aliphatic carbocycles. The molecule has 1 amide bonds. The summed E-state index contributed by atoms with van der Waals surface area (Å²) < 4.78 is 42.2. The molecular weight excluding hydrogens is 629 g/mol. The highest BCUT2D eigenvalue weighted by Gasteiger charge is 2.45. The zero-order chi connectivity index (χ0) is 33.3. The highest BCUT2D eigenvalue weighted by molar-refractivity contribution is 7.89. The zero-order valence-corrected chi connectivity index (χ0v) is 29.1. The maximum absolute atomic E-state index is 14.1. The molecule has 44 heavy (non-hydrogen) atoms. The number of nitrogens with zero attached hydrogens (tertiary/aromatic N) is 4. The minimum absolute atomic E-state index is 0.0274. The van der Waals surface area contributed by atoms with Crippen molar-refractivity contribution in [3.63, 3.8) is 0 Å². The largest absolute Gasteiger partial charge is 0.444 e. The van der Waals surface area contributed by atoms with Gasteiger partial charge in [0.25, 0.3) is 15.7 Å². The van der Waals surface area contributed by atoms with E-state index in [1.807, 2.05) is 0 Å². The van der Waals surface area contributed by atoms with Gasteiger partial charge in [-0.3, -0.25) is 24.3 Å². The summed E-state index contributed by atoms with van der Waals surface area (Å²) in [6, 6.07) is 3.68. The van der Waals surface area contributed by atoms with Crippen molar-refractivity contribution >= 4 is 41.5 Å². The summed E-state index contributed by atoms with van der Waals surface area (Å²) >= 11 is 0.837. The molecule has 1 aliphatic rings. The summed E-state index contributed by atoms with van der Waals surface area (Å²) in [6.07, 6.45) is 0.603. The van der Waals surface area contributed by atoms with E-state index in [1.54, 1.807) is 20.8 Å². The van der Waals surface area contributed by atoms with E-state index in [1.165, 1.54) is 27.7 Å². The van der Waals surface area contributed by atoms with Crippen LogP contribution >= 0.6 is 11.3 Å². The van der Waals surface area contributed by atoms with Crippen LogP contribution in [-0.4, -0.2) is 67.0 Å². The number of sulfonamides is 1. The molecular formula is C28H42N4O9S2Si. The molecule has 0 spiro atoms. The Labute approximate surface area is 263 Å². The normalized spacial score (nSPS) is 16.1. The molecule has 0 saturated carbocycles. The van der Waals surface area contributed by atoms with Gasteiger partial charge in [0.05, 0.1) is 35.3 Å². The van der Waals surface area contributed by atoms with Crippen molar-refractivity contribution < 1.29 is 32.1 Å². The molecule has 3 rings (SSSR count). The van der Waals surface area contributed by atoms with Crippen LogP contribution in [0.3, 0.4) is 0 Å². The molecule has 1 atom stereocenters. The Morgan fingerprint density at radius 2 is 1.86 bits per heavy atom. The van der Waals surface area contributed by atoms with Crippen LogP contribution in [0.1, 0.15) is 58.2 Å². The molecule has 0 bridgehead atoms. The summed E-state index contributed by atoms with van der Waals surface area (Å²) in [5.41, 5.74) is -1.09. The Morgan fingerprint density at radius 3 is 2.43 bits per heavy atom. The summed E-state index contributed by atoms with van der Waals surface area (Å²) in [5, 5.41) is 11.7. The summed E-state index contributed by atoms with van der Waals surface area (Å²) in [4.78, 5) is 44.1. The average molecular weight is 671 g/mol. The number of thiazole rings is 1. The average Bonchev–Trinajstić information content (AvgIpc) is 3.21. The van der Waals surface area contributed by atoms with Crippen LogP contribution in [-0.2, 0) is 37.1 Å². The van der Waals surface area contributed by atoms with Gasteiger partial charge in [-0.25, -0.2) is 13.2 Å². The number of nitro groups is 1. The first-order valence-corrected chi connectivity index (χ1v) is 19.2. The molecule has 2 aromatic rings. The van der Waals surface area contributed by atoms with Gasteiger partial charge in [-0.1, -0.05) is 54.8 Å². The number of aromatic nitrogens is 1. The van der Waals surface area contributed by atoms with E-state index in [-0.39, 0.29) is 42.8 Å². The minimum Gasteiger partial charge on any atom is -0.444 e. The highest BCUT2D eigenvalue weighted by atomic mass is 32.2. The smallest absolute Gasteiger partial charge is 0.410 e. The van der Waals surface area contributed by atoms with Crippen molar-refractivity contribution in [3.05, 3.63) is 67.3 Å². The van der Waals surface area contributed by atoms with Crippen LogP contribution in [0.5, 0.6) is 0 Å². The van der Waals surface area contributed by atoms with Crippen molar-refractivity contribution in [1.29, 1.82) is 0 Å². The van der Waals surface area contributed by atoms with Gasteiger partial charge in [0.2, 0.25) is 0 Å². The van der Waals surface area contributed by atoms with E-state index in [2.05, 4.69) is 40.4 Å². The van der Waals surface area contributed by atoms with E-state index in [4.69, 9.17) is 14.0 Å². The molecule has 0 N–H and O–H groups in total. The van der Waals surface area contributed by atoms with Gasteiger partial charge in [0.1, 0.15) is 11.6 Å². The van der Waals surface area contributed by atoms with Crippen LogP contribution in [0, 0.1) is 10.1 Å². The second kappa shape index (κ2) is 13.2. The van der Waals surface area contributed by atoms with Crippen LogP contribution in [0.25, 0.3) is 0 Å². The van der Waals surface area contributed by atoms with Gasteiger partial charge in [-0.15, -0.1) is 6.58 Å². The van der Waals surface area contributed by atoms with Gasteiger partial charge < -0.3 is 14.1 Å². The monoisotopic (exact) mass is 670 g/mol. The third-order valence-corrected chi connectivity index (χ3v) is 14.8. The van der Waals surface area contributed by atoms with E-state index in [9.17, 15) is 28.1 Å². The molecule has 0 fully saturated rings. The van der Waals surface area contributed by atoms with E-state index < -0.39 is 51.6 Å².